The van der Waals surface area contributed by atoms with E-state index in [1.165, 1.54) is 41.7 Å². The van der Waals surface area contributed by atoms with Gasteiger partial charge in [0.1, 0.15) is 12.7 Å². The van der Waals surface area contributed by atoms with Gasteiger partial charge in [0.25, 0.3) is 5.91 Å². The van der Waals surface area contributed by atoms with E-state index in [4.69, 9.17) is 0 Å². The minimum Gasteiger partial charge on any atom is -0.346 e. The highest BCUT2D eigenvalue weighted by atomic mass is 19.4. The number of alkyl halides is 3. The third-order valence-corrected chi connectivity index (χ3v) is 3.73. The van der Waals surface area contributed by atoms with Crippen LogP contribution in [0.15, 0.2) is 43.1 Å². The smallest absolute Gasteiger partial charge is 0.346 e. The molecule has 27 heavy (non-hydrogen) atoms. The second kappa shape index (κ2) is 7.56. The maximum absolute atomic E-state index is 13.1. The van der Waals surface area contributed by atoms with Crippen molar-refractivity contribution in [1.29, 1.82) is 0 Å². The van der Waals surface area contributed by atoms with Crippen LogP contribution >= 0.6 is 0 Å². The molecule has 0 unspecified atom stereocenters. The van der Waals surface area contributed by atoms with Crippen LogP contribution in [0.5, 0.6) is 0 Å². The molecule has 1 atom stereocenters. The van der Waals surface area contributed by atoms with E-state index in [9.17, 15) is 18.0 Å². The molecule has 1 amide bonds. The first-order chi connectivity index (χ1) is 12.8. The van der Waals surface area contributed by atoms with Crippen molar-refractivity contribution in [2.24, 2.45) is 0 Å². The van der Waals surface area contributed by atoms with Gasteiger partial charge >= 0.3 is 6.18 Å². The van der Waals surface area contributed by atoms with Gasteiger partial charge in [0, 0.05) is 6.04 Å². The Kier molecular flexibility index (Phi) is 5.19. The zero-order valence-corrected chi connectivity index (χ0v) is 14.3. The van der Waals surface area contributed by atoms with E-state index in [1.807, 2.05) is 0 Å². The second-order valence-electron chi connectivity index (χ2n) is 5.95. The van der Waals surface area contributed by atoms with Gasteiger partial charge in [0.15, 0.2) is 5.69 Å². The molecule has 2 aromatic heterocycles. The van der Waals surface area contributed by atoms with Crippen molar-refractivity contribution >= 4 is 5.91 Å². The van der Waals surface area contributed by atoms with E-state index < -0.39 is 17.6 Å². The maximum Gasteiger partial charge on any atom is 0.416 e. The molecule has 0 fully saturated rings. The Labute approximate surface area is 152 Å². The zero-order valence-electron chi connectivity index (χ0n) is 14.3. The van der Waals surface area contributed by atoms with Gasteiger partial charge in [-0.15, -0.1) is 5.10 Å². The Balaban J connectivity index is 1.66. The van der Waals surface area contributed by atoms with Crippen molar-refractivity contribution in [3.8, 4) is 0 Å². The lowest BCUT2D eigenvalue weighted by Crippen LogP contribution is -2.36. The maximum atomic E-state index is 13.1. The van der Waals surface area contributed by atoms with Crippen molar-refractivity contribution < 1.29 is 18.0 Å². The summed E-state index contributed by atoms with van der Waals surface area (Å²) >= 11 is 0. The van der Waals surface area contributed by atoms with Gasteiger partial charge < -0.3 is 5.32 Å². The minimum absolute atomic E-state index is 0.0185. The van der Waals surface area contributed by atoms with Crippen LogP contribution in [0, 0.1) is 0 Å². The topological polar surface area (TPSA) is 90.5 Å². The lowest BCUT2D eigenvalue weighted by Gasteiger charge is -2.12. The van der Waals surface area contributed by atoms with Gasteiger partial charge in [-0.25, -0.2) is 9.67 Å². The Morgan fingerprint density at radius 1 is 1.26 bits per heavy atom. The predicted molar refractivity (Wildman–Crippen MR) is 87.5 cm³/mol. The monoisotopic (exact) mass is 379 g/mol. The van der Waals surface area contributed by atoms with Crippen molar-refractivity contribution in [1.82, 2.24) is 35.1 Å². The molecule has 0 radical (unpaired) electrons. The van der Waals surface area contributed by atoms with Crippen LogP contribution in [0.2, 0.25) is 0 Å². The van der Waals surface area contributed by atoms with Gasteiger partial charge in [0.2, 0.25) is 0 Å². The molecule has 0 bridgehead atoms. The van der Waals surface area contributed by atoms with Crippen LogP contribution in [-0.2, 0) is 19.3 Å². The van der Waals surface area contributed by atoms with Crippen molar-refractivity contribution in [3.05, 3.63) is 59.9 Å². The fraction of sp³-hybridized carbons (Fsp3) is 0.312. The first kappa shape index (κ1) is 18.5. The van der Waals surface area contributed by atoms with Crippen LogP contribution in [0.1, 0.15) is 28.5 Å². The van der Waals surface area contributed by atoms with Crippen LogP contribution < -0.4 is 5.32 Å². The number of nitrogens with zero attached hydrogens (tertiary/aromatic N) is 6. The Morgan fingerprint density at radius 3 is 2.74 bits per heavy atom. The number of hydrogen-bond acceptors (Lipinski definition) is 5. The molecule has 142 valence electrons. The van der Waals surface area contributed by atoms with Crippen LogP contribution in [0.4, 0.5) is 13.2 Å². The number of aromatic nitrogens is 6. The van der Waals surface area contributed by atoms with E-state index in [0.717, 1.165) is 6.07 Å². The molecule has 3 aromatic rings. The summed E-state index contributed by atoms with van der Waals surface area (Å²) in [6, 6.07) is 4.95. The Hall–Kier alpha value is -3.24. The molecule has 1 aromatic carbocycles. The third kappa shape index (κ3) is 4.68. The molecular weight excluding hydrogens is 363 g/mol. The highest BCUT2D eigenvalue weighted by Crippen LogP contribution is 2.32. The SMILES string of the molecule is C[C@H](Cn1cncn1)NC(=O)c1cn(Cc2ccccc2C(F)(F)F)nn1. The average molecular weight is 379 g/mol. The van der Waals surface area contributed by atoms with Gasteiger partial charge in [-0.2, -0.15) is 18.3 Å². The summed E-state index contributed by atoms with van der Waals surface area (Å²) in [5.74, 6) is -0.474. The standard InChI is InChI=1S/C16H16F3N7O/c1-11(6-26-10-20-9-21-26)22-15(27)14-8-25(24-23-14)7-12-4-2-3-5-13(12)16(17,18)19/h2-5,8-11H,6-7H2,1H3,(H,22,27)/t11-/m1/s1. The summed E-state index contributed by atoms with van der Waals surface area (Å²) in [6.07, 6.45) is -0.241. The first-order valence-corrected chi connectivity index (χ1v) is 8.01. The summed E-state index contributed by atoms with van der Waals surface area (Å²) in [5.41, 5.74) is -0.681. The van der Waals surface area contributed by atoms with E-state index in [-0.39, 0.29) is 23.8 Å². The average Bonchev–Trinajstić information content (AvgIpc) is 3.26. The van der Waals surface area contributed by atoms with Crippen LogP contribution in [-0.4, -0.2) is 41.7 Å². The van der Waals surface area contributed by atoms with Gasteiger partial charge in [-0.05, 0) is 18.6 Å². The normalized spacial score (nSPS) is 12.7. The highest BCUT2D eigenvalue weighted by Gasteiger charge is 2.33. The van der Waals surface area contributed by atoms with E-state index >= 15 is 0 Å². The molecular formula is C16H16F3N7O. The summed E-state index contributed by atoms with van der Waals surface area (Å²) in [6.45, 7) is 2.05. The molecule has 11 heteroatoms. The van der Waals surface area contributed by atoms with Gasteiger partial charge in [-0.1, -0.05) is 23.4 Å². The summed E-state index contributed by atoms with van der Waals surface area (Å²) in [4.78, 5) is 16.0. The molecule has 0 aliphatic heterocycles. The molecule has 1 N–H and O–H groups in total. The number of rotatable bonds is 6. The third-order valence-electron chi connectivity index (χ3n) is 3.73. The summed E-state index contributed by atoms with van der Waals surface area (Å²) in [5, 5.41) is 14.2. The predicted octanol–water partition coefficient (Wildman–Crippen LogP) is 1.76. The molecule has 0 saturated heterocycles. The second-order valence-corrected chi connectivity index (χ2v) is 5.95. The first-order valence-electron chi connectivity index (χ1n) is 8.01. The Morgan fingerprint density at radius 2 is 2.04 bits per heavy atom. The molecule has 8 nitrogen and oxygen atoms in total. The lowest BCUT2D eigenvalue weighted by molar-refractivity contribution is -0.138. The van der Waals surface area contributed by atoms with Crippen LogP contribution in [0.3, 0.4) is 0 Å². The number of benzene rings is 1. The molecule has 0 spiro atoms. The molecule has 0 saturated carbocycles. The quantitative estimate of drug-likeness (QED) is 0.705. The minimum atomic E-state index is -4.46. The van der Waals surface area contributed by atoms with E-state index in [0.29, 0.717) is 6.54 Å². The molecule has 0 aliphatic carbocycles. The fourth-order valence-electron chi connectivity index (χ4n) is 2.54. The fourth-order valence-corrected chi connectivity index (χ4v) is 2.54. The number of hydrogen-bond donors (Lipinski definition) is 1. The van der Waals surface area contributed by atoms with E-state index in [1.54, 1.807) is 11.6 Å². The summed E-state index contributed by atoms with van der Waals surface area (Å²) < 4.78 is 41.9. The van der Waals surface area contributed by atoms with Crippen molar-refractivity contribution in [2.75, 3.05) is 0 Å². The number of nitrogens with one attached hydrogen (secondary N) is 1. The number of amides is 1. The zero-order chi connectivity index (χ0) is 19.4. The Bertz CT molecular complexity index is 905. The van der Waals surface area contributed by atoms with Crippen LogP contribution in [0.25, 0.3) is 0 Å². The largest absolute Gasteiger partial charge is 0.416 e. The number of halogens is 3. The number of carbonyl (C=O) groups is 1. The number of carbonyl (C=O) groups excluding carboxylic acids is 1. The van der Waals surface area contributed by atoms with Crippen molar-refractivity contribution in [3.63, 3.8) is 0 Å². The van der Waals surface area contributed by atoms with Gasteiger partial charge in [-0.3, -0.25) is 9.48 Å². The molecule has 0 aliphatic rings. The summed E-state index contributed by atoms with van der Waals surface area (Å²) in [7, 11) is 0. The molecule has 3 rings (SSSR count). The van der Waals surface area contributed by atoms with Gasteiger partial charge in [0.05, 0.1) is 24.8 Å². The molecule has 2 heterocycles. The van der Waals surface area contributed by atoms with E-state index in [2.05, 4.69) is 25.7 Å². The highest BCUT2D eigenvalue weighted by molar-refractivity contribution is 5.92. The van der Waals surface area contributed by atoms with Crippen molar-refractivity contribution in [2.45, 2.75) is 32.2 Å². The lowest BCUT2D eigenvalue weighted by atomic mass is 10.1.